The van der Waals surface area contributed by atoms with Crippen molar-refractivity contribution in [1.82, 2.24) is 0 Å². The van der Waals surface area contributed by atoms with Gasteiger partial charge in [0, 0.05) is 6.08 Å². The zero-order valence-electron chi connectivity index (χ0n) is 10.8. The normalized spacial score (nSPS) is 20.8. The topological polar surface area (TPSA) is 37.3 Å². The maximum atomic E-state index is 10.4. The summed E-state index contributed by atoms with van der Waals surface area (Å²) in [6, 6.07) is 0. The molecule has 17 heavy (non-hydrogen) atoms. The summed E-state index contributed by atoms with van der Waals surface area (Å²) in [5.41, 5.74) is 1.58. The van der Waals surface area contributed by atoms with Crippen molar-refractivity contribution < 1.29 is 9.90 Å². The highest BCUT2D eigenvalue weighted by molar-refractivity contribution is 5.79. The Bertz CT molecular complexity index is 279. The first kappa shape index (κ1) is 14.0. The number of hydrogen-bond acceptors (Lipinski definition) is 1. The first-order chi connectivity index (χ1) is 8.22. The van der Waals surface area contributed by atoms with Crippen molar-refractivity contribution in [2.45, 2.75) is 58.3 Å². The van der Waals surface area contributed by atoms with Crippen molar-refractivity contribution in [3.05, 3.63) is 23.8 Å². The zero-order chi connectivity index (χ0) is 12.5. The second-order valence-electron chi connectivity index (χ2n) is 4.89. The largest absolute Gasteiger partial charge is 0.478 e. The van der Waals surface area contributed by atoms with Crippen molar-refractivity contribution in [3.8, 4) is 0 Å². The number of rotatable bonds is 6. The molecule has 1 N–H and O–H groups in total. The molecule has 0 aromatic carbocycles. The SMILES string of the molecule is CCCCCC=C1CCC(/C=C/C(=O)O)CC1. The average Bonchev–Trinajstić information content (AvgIpc) is 2.33. The molecule has 0 saturated heterocycles. The Morgan fingerprint density at radius 1 is 1.35 bits per heavy atom. The predicted octanol–water partition coefficient (Wildman–Crippen LogP) is 4.32. The number of carboxylic acid groups (broad SMARTS) is 1. The first-order valence-corrected chi connectivity index (χ1v) is 6.81. The van der Waals surface area contributed by atoms with Gasteiger partial charge in [0.2, 0.25) is 0 Å². The van der Waals surface area contributed by atoms with E-state index in [9.17, 15) is 4.79 Å². The van der Waals surface area contributed by atoms with Gasteiger partial charge in [0.15, 0.2) is 0 Å². The summed E-state index contributed by atoms with van der Waals surface area (Å²) in [7, 11) is 0. The van der Waals surface area contributed by atoms with E-state index in [2.05, 4.69) is 13.0 Å². The van der Waals surface area contributed by atoms with E-state index in [1.54, 1.807) is 5.57 Å². The van der Waals surface area contributed by atoms with Crippen molar-refractivity contribution >= 4 is 5.97 Å². The zero-order valence-corrected chi connectivity index (χ0v) is 10.8. The van der Waals surface area contributed by atoms with Crippen LogP contribution in [0.5, 0.6) is 0 Å². The molecule has 1 fully saturated rings. The molecular formula is C15H24O2. The average molecular weight is 236 g/mol. The van der Waals surface area contributed by atoms with Gasteiger partial charge in [0.05, 0.1) is 0 Å². The van der Waals surface area contributed by atoms with Crippen LogP contribution in [0.2, 0.25) is 0 Å². The van der Waals surface area contributed by atoms with Crippen molar-refractivity contribution in [1.29, 1.82) is 0 Å². The minimum atomic E-state index is -0.828. The first-order valence-electron chi connectivity index (χ1n) is 6.81. The molecule has 96 valence electrons. The summed E-state index contributed by atoms with van der Waals surface area (Å²) in [4.78, 5) is 10.4. The summed E-state index contributed by atoms with van der Waals surface area (Å²) < 4.78 is 0. The molecule has 2 nitrogen and oxygen atoms in total. The van der Waals surface area contributed by atoms with Crippen molar-refractivity contribution in [2.24, 2.45) is 5.92 Å². The van der Waals surface area contributed by atoms with Crippen LogP contribution in [0.3, 0.4) is 0 Å². The van der Waals surface area contributed by atoms with Crippen molar-refractivity contribution in [2.75, 3.05) is 0 Å². The Hall–Kier alpha value is -1.05. The number of aliphatic carboxylic acids is 1. The summed E-state index contributed by atoms with van der Waals surface area (Å²) in [6.45, 7) is 2.23. The standard InChI is InChI=1S/C15H24O2/c1-2-3-4-5-6-13-7-9-14(10-8-13)11-12-15(16)17/h6,11-12,14H,2-5,7-10H2,1H3,(H,16,17)/b12-11+,13-6?. The third-order valence-electron chi connectivity index (χ3n) is 3.42. The molecule has 2 heteroatoms. The van der Waals surface area contributed by atoms with Crippen LogP contribution in [-0.4, -0.2) is 11.1 Å². The molecule has 0 amide bonds. The van der Waals surface area contributed by atoms with Crippen LogP contribution < -0.4 is 0 Å². The summed E-state index contributed by atoms with van der Waals surface area (Å²) in [5.74, 6) is -0.357. The minimum absolute atomic E-state index is 0.471. The molecule has 0 aromatic rings. The second-order valence-corrected chi connectivity index (χ2v) is 4.89. The highest BCUT2D eigenvalue weighted by atomic mass is 16.4. The molecule has 0 aromatic heterocycles. The molecule has 0 radical (unpaired) electrons. The van der Waals surface area contributed by atoms with Crippen molar-refractivity contribution in [3.63, 3.8) is 0 Å². The summed E-state index contributed by atoms with van der Waals surface area (Å²) in [6.07, 6.45) is 15.2. The van der Waals surface area contributed by atoms with E-state index >= 15 is 0 Å². The Balaban J connectivity index is 2.23. The van der Waals surface area contributed by atoms with E-state index < -0.39 is 5.97 Å². The lowest BCUT2D eigenvalue weighted by Crippen LogP contribution is -2.06. The Kier molecular flexibility index (Phi) is 6.68. The smallest absolute Gasteiger partial charge is 0.327 e. The number of hydrogen-bond donors (Lipinski definition) is 1. The van der Waals surface area contributed by atoms with Gasteiger partial charge in [-0.05, 0) is 44.4 Å². The lowest BCUT2D eigenvalue weighted by Gasteiger charge is -2.21. The Labute approximate surface area is 104 Å². The minimum Gasteiger partial charge on any atom is -0.478 e. The third-order valence-corrected chi connectivity index (χ3v) is 3.42. The molecule has 0 spiro atoms. The highest BCUT2D eigenvalue weighted by Gasteiger charge is 2.13. The van der Waals surface area contributed by atoms with Crippen LogP contribution >= 0.6 is 0 Å². The fourth-order valence-corrected chi connectivity index (χ4v) is 2.33. The van der Waals surface area contributed by atoms with E-state index in [-0.39, 0.29) is 0 Å². The van der Waals surface area contributed by atoms with E-state index in [0.717, 1.165) is 25.7 Å². The molecule has 0 heterocycles. The molecule has 1 aliphatic rings. The lowest BCUT2D eigenvalue weighted by atomic mass is 9.85. The van der Waals surface area contributed by atoms with E-state index in [1.807, 2.05) is 6.08 Å². The Morgan fingerprint density at radius 2 is 2.06 bits per heavy atom. The van der Waals surface area contributed by atoms with E-state index in [4.69, 9.17) is 5.11 Å². The molecule has 1 aliphatic carbocycles. The van der Waals surface area contributed by atoms with Gasteiger partial charge in [0.1, 0.15) is 0 Å². The fraction of sp³-hybridized carbons (Fsp3) is 0.667. The van der Waals surface area contributed by atoms with E-state index in [0.29, 0.717) is 5.92 Å². The van der Waals surface area contributed by atoms with Gasteiger partial charge in [-0.2, -0.15) is 0 Å². The number of allylic oxidation sites excluding steroid dienone is 3. The quantitative estimate of drug-likeness (QED) is 0.423. The van der Waals surface area contributed by atoms with Gasteiger partial charge >= 0.3 is 5.97 Å². The molecular weight excluding hydrogens is 212 g/mol. The number of carboxylic acids is 1. The van der Waals surface area contributed by atoms with Crippen LogP contribution in [0.4, 0.5) is 0 Å². The van der Waals surface area contributed by atoms with Gasteiger partial charge in [0.25, 0.3) is 0 Å². The van der Waals surface area contributed by atoms with Crippen LogP contribution in [0.25, 0.3) is 0 Å². The van der Waals surface area contributed by atoms with Gasteiger partial charge < -0.3 is 5.11 Å². The van der Waals surface area contributed by atoms with Gasteiger partial charge in [-0.25, -0.2) is 4.79 Å². The Morgan fingerprint density at radius 3 is 2.65 bits per heavy atom. The fourth-order valence-electron chi connectivity index (χ4n) is 2.33. The molecule has 0 bridgehead atoms. The lowest BCUT2D eigenvalue weighted by molar-refractivity contribution is -0.131. The van der Waals surface area contributed by atoms with Gasteiger partial charge in [-0.15, -0.1) is 0 Å². The van der Waals surface area contributed by atoms with E-state index in [1.165, 1.54) is 31.8 Å². The van der Waals surface area contributed by atoms with Crippen LogP contribution in [-0.2, 0) is 4.79 Å². The molecule has 0 aliphatic heterocycles. The maximum Gasteiger partial charge on any atom is 0.327 e. The van der Waals surface area contributed by atoms with Gasteiger partial charge in [-0.1, -0.05) is 37.5 Å². The monoisotopic (exact) mass is 236 g/mol. The second kappa shape index (κ2) is 8.10. The van der Waals surface area contributed by atoms with Gasteiger partial charge in [-0.3, -0.25) is 0 Å². The number of carbonyl (C=O) groups is 1. The molecule has 0 unspecified atom stereocenters. The van der Waals surface area contributed by atoms with Crippen LogP contribution in [0.15, 0.2) is 23.8 Å². The highest BCUT2D eigenvalue weighted by Crippen LogP contribution is 2.29. The van der Waals surface area contributed by atoms with Crippen LogP contribution in [0, 0.1) is 5.92 Å². The summed E-state index contributed by atoms with van der Waals surface area (Å²) in [5, 5.41) is 8.56. The maximum absolute atomic E-state index is 10.4. The molecule has 0 atom stereocenters. The predicted molar refractivity (Wildman–Crippen MR) is 71.0 cm³/mol. The number of unbranched alkanes of at least 4 members (excludes halogenated alkanes) is 3. The summed E-state index contributed by atoms with van der Waals surface area (Å²) >= 11 is 0. The van der Waals surface area contributed by atoms with Crippen LogP contribution in [0.1, 0.15) is 58.3 Å². The molecule has 1 saturated carbocycles. The molecule has 1 rings (SSSR count). The third kappa shape index (κ3) is 6.30.